The lowest BCUT2D eigenvalue weighted by molar-refractivity contribution is -0.122. The third kappa shape index (κ3) is 3.42. The summed E-state index contributed by atoms with van der Waals surface area (Å²) in [6, 6.07) is 3.64. The van der Waals surface area contributed by atoms with E-state index >= 15 is 0 Å². The highest BCUT2D eigenvalue weighted by Gasteiger charge is 2.23. The SMILES string of the molecule is Cc1nn(C)c(C)c1[C@@H](C)C(=O)NCc1nc(-c2cccnc2)no1. The Hall–Kier alpha value is -3.03. The molecule has 0 bridgehead atoms. The largest absolute Gasteiger partial charge is 0.346 e. The highest BCUT2D eigenvalue weighted by molar-refractivity contribution is 5.83. The highest BCUT2D eigenvalue weighted by atomic mass is 16.5. The monoisotopic (exact) mass is 340 g/mol. The number of amides is 1. The smallest absolute Gasteiger partial charge is 0.246 e. The van der Waals surface area contributed by atoms with E-state index in [1.807, 2.05) is 33.9 Å². The van der Waals surface area contributed by atoms with Crippen LogP contribution in [0.4, 0.5) is 0 Å². The standard InChI is InChI=1S/C17H20N6O2/c1-10(15-11(2)21-23(4)12(15)3)17(24)19-9-14-20-16(22-25-14)13-6-5-7-18-8-13/h5-8,10H,9H2,1-4H3,(H,19,24)/t10-/m1/s1. The number of hydrogen-bond donors (Lipinski definition) is 1. The zero-order valence-electron chi connectivity index (χ0n) is 14.6. The summed E-state index contributed by atoms with van der Waals surface area (Å²) < 4.78 is 6.97. The van der Waals surface area contributed by atoms with Crippen LogP contribution in [0.5, 0.6) is 0 Å². The van der Waals surface area contributed by atoms with Gasteiger partial charge in [-0.25, -0.2) is 0 Å². The van der Waals surface area contributed by atoms with Crippen LogP contribution < -0.4 is 5.32 Å². The van der Waals surface area contributed by atoms with Crippen molar-refractivity contribution in [1.29, 1.82) is 0 Å². The van der Waals surface area contributed by atoms with E-state index in [1.54, 1.807) is 23.1 Å². The number of nitrogens with one attached hydrogen (secondary N) is 1. The first-order chi connectivity index (χ1) is 12.0. The van der Waals surface area contributed by atoms with Crippen molar-refractivity contribution in [2.45, 2.75) is 33.2 Å². The van der Waals surface area contributed by atoms with Crippen molar-refractivity contribution in [2.75, 3.05) is 0 Å². The maximum Gasteiger partial charge on any atom is 0.246 e. The molecule has 0 aliphatic rings. The predicted octanol–water partition coefficient (Wildman–Crippen LogP) is 1.90. The Bertz CT molecular complexity index is 884. The summed E-state index contributed by atoms with van der Waals surface area (Å²) in [5, 5.41) is 11.1. The van der Waals surface area contributed by atoms with Crippen molar-refractivity contribution in [1.82, 2.24) is 30.2 Å². The minimum atomic E-state index is -0.311. The van der Waals surface area contributed by atoms with Gasteiger partial charge in [-0.3, -0.25) is 14.5 Å². The number of pyridine rings is 1. The van der Waals surface area contributed by atoms with Gasteiger partial charge < -0.3 is 9.84 Å². The Kier molecular flexibility index (Phi) is 4.60. The van der Waals surface area contributed by atoms with E-state index in [2.05, 4.69) is 25.5 Å². The van der Waals surface area contributed by atoms with Crippen molar-refractivity contribution in [2.24, 2.45) is 7.05 Å². The van der Waals surface area contributed by atoms with Crippen molar-refractivity contribution >= 4 is 5.91 Å². The second-order valence-corrected chi connectivity index (χ2v) is 5.90. The van der Waals surface area contributed by atoms with Gasteiger partial charge in [-0.1, -0.05) is 5.16 Å². The molecular weight excluding hydrogens is 320 g/mol. The Morgan fingerprint density at radius 2 is 2.20 bits per heavy atom. The minimum absolute atomic E-state index is 0.111. The van der Waals surface area contributed by atoms with Crippen LogP contribution in [-0.4, -0.2) is 30.8 Å². The summed E-state index contributed by atoms with van der Waals surface area (Å²) in [6.07, 6.45) is 3.33. The molecule has 1 amide bonds. The molecule has 1 atom stereocenters. The van der Waals surface area contributed by atoms with E-state index in [1.165, 1.54) is 0 Å². The molecule has 0 saturated carbocycles. The summed E-state index contributed by atoms with van der Waals surface area (Å²) in [7, 11) is 1.87. The van der Waals surface area contributed by atoms with Crippen LogP contribution in [0.2, 0.25) is 0 Å². The predicted molar refractivity (Wildman–Crippen MR) is 90.5 cm³/mol. The second-order valence-electron chi connectivity index (χ2n) is 5.90. The van der Waals surface area contributed by atoms with Crippen LogP contribution in [0.25, 0.3) is 11.4 Å². The summed E-state index contributed by atoms with van der Waals surface area (Å²) in [5.74, 6) is 0.373. The van der Waals surface area contributed by atoms with Crippen LogP contribution in [0, 0.1) is 13.8 Å². The third-order valence-corrected chi connectivity index (χ3v) is 4.19. The van der Waals surface area contributed by atoms with E-state index in [0.717, 1.165) is 22.5 Å². The van der Waals surface area contributed by atoms with Gasteiger partial charge in [-0.05, 0) is 32.9 Å². The zero-order chi connectivity index (χ0) is 18.0. The molecule has 130 valence electrons. The lowest BCUT2D eigenvalue weighted by atomic mass is 9.98. The fourth-order valence-electron chi connectivity index (χ4n) is 2.80. The number of hydrogen-bond acceptors (Lipinski definition) is 6. The second kappa shape index (κ2) is 6.84. The van der Waals surface area contributed by atoms with Crippen LogP contribution in [0.1, 0.15) is 35.7 Å². The number of nitrogens with zero attached hydrogens (tertiary/aromatic N) is 5. The number of carbonyl (C=O) groups is 1. The molecule has 3 aromatic rings. The minimum Gasteiger partial charge on any atom is -0.346 e. The molecule has 0 aliphatic carbocycles. The van der Waals surface area contributed by atoms with Gasteiger partial charge in [-0.15, -0.1) is 0 Å². The first kappa shape index (κ1) is 16.8. The van der Waals surface area contributed by atoms with Crippen LogP contribution >= 0.6 is 0 Å². The highest BCUT2D eigenvalue weighted by Crippen LogP contribution is 2.23. The lowest BCUT2D eigenvalue weighted by Gasteiger charge is -2.12. The number of rotatable bonds is 5. The zero-order valence-corrected chi connectivity index (χ0v) is 14.6. The molecule has 0 aromatic carbocycles. The molecule has 3 rings (SSSR count). The summed E-state index contributed by atoms with van der Waals surface area (Å²) in [5.41, 5.74) is 3.55. The quantitative estimate of drug-likeness (QED) is 0.761. The van der Waals surface area contributed by atoms with Crippen molar-refractivity contribution in [3.8, 4) is 11.4 Å². The first-order valence-corrected chi connectivity index (χ1v) is 7.98. The fraction of sp³-hybridized carbons (Fsp3) is 0.353. The molecule has 3 heterocycles. The molecule has 25 heavy (non-hydrogen) atoms. The van der Waals surface area contributed by atoms with Gasteiger partial charge in [-0.2, -0.15) is 10.1 Å². The van der Waals surface area contributed by atoms with Gasteiger partial charge in [0.15, 0.2) is 0 Å². The van der Waals surface area contributed by atoms with Gasteiger partial charge in [0.05, 0.1) is 18.2 Å². The van der Waals surface area contributed by atoms with E-state index in [9.17, 15) is 4.79 Å². The molecule has 1 N–H and O–H groups in total. The third-order valence-electron chi connectivity index (χ3n) is 4.19. The normalized spacial score (nSPS) is 12.2. The Morgan fingerprint density at radius 3 is 2.84 bits per heavy atom. The maximum atomic E-state index is 12.5. The van der Waals surface area contributed by atoms with Crippen molar-refractivity contribution in [3.63, 3.8) is 0 Å². The number of carbonyl (C=O) groups excluding carboxylic acids is 1. The van der Waals surface area contributed by atoms with Crippen molar-refractivity contribution in [3.05, 3.63) is 47.4 Å². The summed E-state index contributed by atoms with van der Waals surface area (Å²) >= 11 is 0. The first-order valence-electron chi connectivity index (χ1n) is 7.98. The van der Waals surface area contributed by atoms with Gasteiger partial charge in [0.2, 0.25) is 17.6 Å². The van der Waals surface area contributed by atoms with Gasteiger partial charge in [0.25, 0.3) is 0 Å². The topological polar surface area (TPSA) is 98.7 Å². The van der Waals surface area contributed by atoms with Crippen LogP contribution in [0.15, 0.2) is 29.0 Å². The molecule has 0 radical (unpaired) electrons. The average Bonchev–Trinajstić information content (AvgIpc) is 3.18. The molecule has 8 heteroatoms. The van der Waals surface area contributed by atoms with Gasteiger partial charge >= 0.3 is 0 Å². The lowest BCUT2D eigenvalue weighted by Crippen LogP contribution is -2.28. The van der Waals surface area contributed by atoms with Gasteiger partial charge in [0, 0.05) is 36.3 Å². The maximum absolute atomic E-state index is 12.5. The Morgan fingerprint density at radius 1 is 1.40 bits per heavy atom. The summed E-state index contributed by atoms with van der Waals surface area (Å²) in [6.45, 7) is 5.90. The molecule has 0 fully saturated rings. The van der Waals surface area contributed by atoms with E-state index < -0.39 is 0 Å². The molecular formula is C17H20N6O2. The van der Waals surface area contributed by atoms with Crippen LogP contribution in [-0.2, 0) is 18.4 Å². The van der Waals surface area contributed by atoms with Gasteiger partial charge in [0.1, 0.15) is 0 Å². The molecule has 3 aromatic heterocycles. The molecule has 0 saturated heterocycles. The Labute approximate surface area is 145 Å². The molecule has 0 aliphatic heterocycles. The molecule has 8 nitrogen and oxygen atoms in total. The van der Waals surface area contributed by atoms with Crippen LogP contribution in [0.3, 0.4) is 0 Å². The Balaban J connectivity index is 1.65. The average molecular weight is 340 g/mol. The molecule has 0 unspecified atom stereocenters. The number of aryl methyl sites for hydroxylation is 2. The van der Waals surface area contributed by atoms with E-state index in [-0.39, 0.29) is 18.4 Å². The van der Waals surface area contributed by atoms with Crippen molar-refractivity contribution < 1.29 is 9.32 Å². The van der Waals surface area contributed by atoms with E-state index in [0.29, 0.717) is 11.7 Å². The summed E-state index contributed by atoms with van der Waals surface area (Å²) in [4.78, 5) is 20.8. The molecule has 0 spiro atoms. The fourth-order valence-corrected chi connectivity index (χ4v) is 2.80. The number of aromatic nitrogens is 5. The van der Waals surface area contributed by atoms with E-state index in [4.69, 9.17) is 4.52 Å².